The maximum absolute atomic E-state index is 8.49. The lowest BCUT2D eigenvalue weighted by molar-refractivity contribution is -2.00. The van der Waals surface area contributed by atoms with Crippen LogP contribution in [0.5, 0.6) is 0 Å². The van der Waals surface area contributed by atoms with Crippen LogP contribution in [-0.2, 0) is 9.47 Å². The van der Waals surface area contributed by atoms with Gasteiger partial charge in [0, 0.05) is 46.8 Å². The lowest BCUT2D eigenvalue weighted by atomic mass is 9.57. The highest BCUT2D eigenvalue weighted by atomic mass is 79.9. The Balaban J connectivity index is 0.000000461. The predicted molar refractivity (Wildman–Crippen MR) is 101 cm³/mol. The summed E-state index contributed by atoms with van der Waals surface area (Å²) in [6, 6.07) is 15.3. The number of hydrogen-bond donors (Lipinski definition) is 0. The molecule has 30 heavy (non-hydrogen) atoms. The van der Waals surface area contributed by atoms with Crippen LogP contribution in [0, 0.1) is 15.7 Å². The third-order valence-electron chi connectivity index (χ3n) is 5.84. The van der Waals surface area contributed by atoms with Gasteiger partial charge in [0.05, 0.1) is 5.41 Å². The zero-order valence-electron chi connectivity index (χ0n) is 17.3. The average molecular weight is 503 g/mol. The Morgan fingerprint density at radius 3 is 2.00 bits per heavy atom. The third-order valence-corrected chi connectivity index (χ3v) is 6.49. The molecule has 2 bridgehead atoms. The van der Waals surface area contributed by atoms with Crippen LogP contribution in [0.4, 0.5) is 0 Å². The van der Waals surface area contributed by atoms with Crippen molar-refractivity contribution in [2.24, 2.45) is 5.41 Å². The lowest BCUT2D eigenvalue weighted by Crippen LogP contribution is -2.72. The maximum atomic E-state index is 8.49. The first-order valence-corrected chi connectivity index (χ1v) is 11.7. The van der Waals surface area contributed by atoms with E-state index >= 15 is 0 Å². The van der Waals surface area contributed by atoms with Gasteiger partial charge in [0.2, 0.25) is 4.60 Å². The van der Waals surface area contributed by atoms with E-state index in [1.54, 1.807) is 0 Å². The van der Waals surface area contributed by atoms with Crippen LogP contribution in [0.15, 0.2) is 47.1 Å². The van der Waals surface area contributed by atoms with Gasteiger partial charge in [-0.25, -0.2) is 18.6 Å². The fraction of sp³-hybridized carbons (Fsp3) is 0.476. The molecule has 0 amide bonds. The summed E-state index contributed by atoms with van der Waals surface area (Å²) in [7, 11) is -4.94. The smallest absolute Gasteiger partial charge is 0.248 e. The van der Waals surface area contributed by atoms with Crippen molar-refractivity contribution in [3.05, 3.63) is 63.9 Å². The second kappa shape index (κ2) is 8.44. The van der Waals surface area contributed by atoms with Crippen molar-refractivity contribution in [3.8, 4) is 0 Å². The van der Waals surface area contributed by atoms with Gasteiger partial charge in [-0.2, -0.15) is 4.57 Å². The van der Waals surface area contributed by atoms with Gasteiger partial charge >= 0.3 is 0 Å². The number of ether oxygens (including phenoxy) is 2. The molecule has 0 spiro atoms. The summed E-state index contributed by atoms with van der Waals surface area (Å²) < 4.78 is 50.4. The van der Waals surface area contributed by atoms with E-state index in [1.165, 1.54) is 16.8 Å². The van der Waals surface area contributed by atoms with E-state index in [0.717, 1.165) is 4.60 Å². The van der Waals surface area contributed by atoms with Gasteiger partial charge in [-0.1, -0.05) is 24.3 Å². The minimum absolute atomic E-state index is 0.0427. The zero-order chi connectivity index (χ0) is 22.3. The topological polar surface area (TPSA) is 115 Å². The number of rotatable bonds is 4. The fourth-order valence-electron chi connectivity index (χ4n) is 5.02. The minimum atomic E-state index is -4.94. The first-order chi connectivity index (χ1) is 14.0. The fourth-order valence-corrected chi connectivity index (χ4v) is 5.58. The minimum Gasteiger partial charge on any atom is -0.348 e. The Labute approximate surface area is 186 Å². The first-order valence-electron chi connectivity index (χ1n) is 9.68. The number of aromatic nitrogens is 1. The van der Waals surface area contributed by atoms with E-state index in [1.807, 2.05) is 0 Å². The molecule has 3 heterocycles. The van der Waals surface area contributed by atoms with E-state index in [9.17, 15) is 0 Å². The molecule has 2 atom stereocenters. The van der Waals surface area contributed by atoms with Gasteiger partial charge in [0.1, 0.15) is 5.92 Å². The summed E-state index contributed by atoms with van der Waals surface area (Å²) in [5.41, 5.74) is 3.72. The van der Waals surface area contributed by atoms with Crippen LogP contribution < -0.4 is 23.2 Å². The molecular formula is C21H25BrClNO6. The monoisotopic (exact) mass is 501 g/mol. The largest absolute Gasteiger partial charge is 0.348 e. The molecule has 7 nitrogen and oxygen atoms in total. The summed E-state index contributed by atoms with van der Waals surface area (Å²) >= 11 is 3.78. The lowest BCUT2D eigenvalue weighted by Gasteiger charge is -2.57. The van der Waals surface area contributed by atoms with Crippen molar-refractivity contribution in [2.45, 2.75) is 45.4 Å². The number of benzene rings is 1. The Kier molecular flexibility index (Phi) is 6.63. The number of halogens is 2. The van der Waals surface area contributed by atoms with Gasteiger partial charge in [-0.05, 0) is 39.3 Å². The van der Waals surface area contributed by atoms with Crippen molar-refractivity contribution in [2.75, 3.05) is 13.2 Å². The Morgan fingerprint density at radius 1 is 0.933 bits per heavy atom. The Hall–Kier alpha value is -1.10. The number of hydrogen-bond acceptors (Lipinski definition) is 6. The van der Waals surface area contributed by atoms with Crippen molar-refractivity contribution in [1.29, 1.82) is 0 Å². The van der Waals surface area contributed by atoms with E-state index in [0.29, 0.717) is 13.2 Å². The predicted octanol–water partition coefficient (Wildman–Crippen LogP) is -0.176. The Morgan fingerprint density at radius 2 is 1.47 bits per heavy atom. The quantitative estimate of drug-likeness (QED) is 0.326. The van der Waals surface area contributed by atoms with Gasteiger partial charge in [0.15, 0.2) is 17.5 Å². The normalized spacial score (nSPS) is 22.6. The van der Waals surface area contributed by atoms with Gasteiger partial charge in [-0.15, -0.1) is 10.2 Å². The van der Waals surface area contributed by atoms with Crippen LogP contribution in [0.2, 0.25) is 0 Å². The molecule has 3 aliphatic rings. The second-order valence-electron chi connectivity index (χ2n) is 7.74. The van der Waals surface area contributed by atoms with E-state index in [-0.39, 0.29) is 17.4 Å². The number of nitrogens with zero attached hydrogens (tertiary/aromatic N) is 1. The highest BCUT2D eigenvalue weighted by Crippen LogP contribution is 2.62. The zero-order valence-corrected chi connectivity index (χ0v) is 19.6. The van der Waals surface area contributed by atoms with Crippen molar-refractivity contribution < 1.29 is 42.9 Å². The highest BCUT2D eigenvalue weighted by molar-refractivity contribution is 9.10. The summed E-state index contributed by atoms with van der Waals surface area (Å²) in [6.45, 7) is 9.92. The molecular weight excluding hydrogens is 478 g/mol. The molecule has 2 unspecified atom stereocenters. The van der Waals surface area contributed by atoms with Crippen molar-refractivity contribution in [3.63, 3.8) is 0 Å². The number of pyridine rings is 1. The highest BCUT2D eigenvalue weighted by Gasteiger charge is 2.70. The van der Waals surface area contributed by atoms with Crippen LogP contribution in [0.3, 0.4) is 0 Å². The van der Waals surface area contributed by atoms with Crippen molar-refractivity contribution in [1.82, 2.24) is 0 Å². The molecule has 1 aliphatic carbocycles. The van der Waals surface area contributed by atoms with Crippen LogP contribution in [0.1, 0.15) is 56.5 Å². The van der Waals surface area contributed by atoms with Gasteiger partial charge in [-0.3, -0.25) is 0 Å². The first kappa shape index (κ1) is 23.6. The summed E-state index contributed by atoms with van der Waals surface area (Å²) in [6.07, 6.45) is 0. The molecule has 0 saturated heterocycles. The van der Waals surface area contributed by atoms with E-state index in [2.05, 4.69) is 90.7 Å². The average Bonchev–Trinajstić information content (AvgIpc) is 2.64. The Bertz CT molecular complexity index is 905. The van der Waals surface area contributed by atoms with Crippen LogP contribution >= 0.6 is 15.9 Å². The van der Waals surface area contributed by atoms with Crippen LogP contribution in [-0.4, -0.2) is 19.0 Å². The molecule has 0 saturated carbocycles. The van der Waals surface area contributed by atoms with E-state index in [4.69, 9.17) is 28.1 Å². The molecule has 0 radical (unpaired) electrons. The van der Waals surface area contributed by atoms with Gasteiger partial charge in [0.25, 0.3) is 0 Å². The maximum Gasteiger partial charge on any atom is 0.248 e. The van der Waals surface area contributed by atoms with Crippen LogP contribution in [0.25, 0.3) is 0 Å². The molecule has 1 aromatic carbocycles. The molecule has 2 aliphatic heterocycles. The van der Waals surface area contributed by atoms with E-state index < -0.39 is 16.0 Å². The van der Waals surface area contributed by atoms with Gasteiger partial charge < -0.3 is 9.47 Å². The molecule has 0 N–H and O–H groups in total. The molecule has 164 valence electrons. The molecule has 5 rings (SSSR count). The summed E-state index contributed by atoms with van der Waals surface area (Å²) in [4.78, 5) is 0. The molecule has 2 aromatic rings. The molecule has 1 aromatic heterocycles. The third kappa shape index (κ3) is 3.80. The molecule has 0 fully saturated rings. The summed E-state index contributed by atoms with van der Waals surface area (Å²) in [5, 5.41) is 0. The summed E-state index contributed by atoms with van der Waals surface area (Å²) in [5.74, 6) is -0.628. The SMILES string of the molecule is CCOC1(OCC)C2c3ccccc3C([n+]3c(Br)cccc32)C1(C)C.[O-][Cl+3]([O-])([O-])[O-]. The standard InChI is InChI=1S/C21H25BrNO2.ClHO4/c1-5-24-21(25-6-2)18-14-10-7-8-11-15(14)19(20(21,3)4)23-16(18)12-9-13-17(23)22;2-1(3,4)5/h7-13,18-19H,5-6H2,1-4H3;(H,2,3,4,5)/q+1;/p-1. The van der Waals surface area contributed by atoms with Crippen molar-refractivity contribution >= 4 is 15.9 Å². The second-order valence-corrected chi connectivity index (χ2v) is 9.31. The molecule has 9 heteroatoms. The number of fused-ring (bicyclic) bond motifs is 1.